The third kappa shape index (κ3) is 4.72. The smallest absolute Gasteiger partial charge is 0.274 e. The summed E-state index contributed by atoms with van der Waals surface area (Å²) in [6.07, 6.45) is 0. The maximum atomic E-state index is 12.6. The predicted molar refractivity (Wildman–Crippen MR) is 111 cm³/mol. The number of halogens is 1. The molecule has 0 aliphatic rings. The molecule has 0 atom stereocenters. The van der Waals surface area contributed by atoms with Crippen LogP contribution in [0.5, 0.6) is 0 Å². The number of amides is 1. The van der Waals surface area contributed by atoms with Gasteiger partial charge in [-0.3, -0.25) is 9.59 Å². The van der Waals surface area contributed by atoms with Crippen LogP contribution in [0, 0.1) is 13.8 Å². The van der Waals surface area contributed by atoms with Crippen molar-refractivity contribution in [1.29, 1.82) is 0 Å². The van der Waals surface area contributed by atoms with Gasteiger partial charge in [0.2, 0.25) is 5.95 Å². The van der Waals surface area contributed by atoms with E-state index in [1.807, 2.05) is 19.1 Å². The molecule has 0 saturated carbocycles. The Balaban J connectivity index is 1.82. The number of Topliss-reactive ketones (excluding diaryl/α,β-unsaturated/α-hetero) is 1. The molecule has 1 heterocycles. The first-order chi connectivity index (χ1) is 13.3. The molecule has 0 unspecified atom stereocenters. The number of carbonyl (C=O) groups excluding carboxylic acids is 2. The minimum absolute atomic E-state index is 0.0720. The molecule has 1 amide bonds. The number of aromatic nitrogens is 2. The fraction of sp³-hybridized carbons (Fsp3) is 0.143. The van der Waals surface area contributed by atoms with Gasteiger partial charge in [0.05, 0.1) is 0 Å². The minimum atomic E-state index is -0.392. The van der Waals surface area contributed by atoms with Gasteiger partial charge in [0.25, 0.3) is 5.91 Å². The van der Waals surface area contributed by atoms with Crippen molar-refractivity contribution in [3.05, 3.63) is 76.1 Å². The Morgan fingerprint density at radius 3 is 2.46 bits per heavy atom. The average Bonchev–Trinajstić information content (AvgIpc) is 2.64. The van der Waals surface area contributed by atoms with Gasteiger partial charge in [-0.15, -0.1) is 0 Å². The molecule has 142 valence electrons. The van der Waals surface area contributed by atoms with E-state index < -0.39 is 5.91 Å². The van der Waals surface area contributed by atoms with Crippen molar-refractivity contribution in [3.8, 4) is 0 Å². The Morgan fingerprint density at radius 2 is 1.75 bits per heavy atom. The average molecular weight is 395 g/mol. The van der Waals surface area contributed by atoms with Crippen molar-refractivity contribution >= 4 is 40.6 Å². The molecule has 3 rings (SSSR count). The fourth-order valence-corrected chi connectivity index (χ4v) is 2.73. The summed E-state index contributed by atoms with van der Waals surface area (Å²) in [6, 6.07) is 13.9. The molecule has 7 heteroatoms. The Bertz CT molecular complexity index is 1070. The summed E-state index contributed by atoms with van der Waals surface area (Å²) in [4.78, 5) is 32.7. The quantitative estimate of drug-likeness (QED) is 0.598. The minimum Gasteiger partial charge on any atom is -0.324 e. The van der Waals surface area contributed by atoms with Gasteiger partial charge in [-0.25, -0.2) is 9.97 Å². The van der Waals surface area contributed by atoms with Crippen molar-refractivity contribution in [3.63, 3.8) is 0 Å². The number of carbonyl (C=O) groups is 2. The second kappa shape index (κ2) is 8.19. The van der Waals surface area contributed by atoms with E-state index in [0.29, 0.717) is 27.9 Å². The zero-order valence-corrected chi connectivity index (χ0v) is 16.5. The van der Waals surface area contributed by atoms with Crippen molar-refractivity contribution in [2.24, 2.45) is 0 Å². The highest BCUT2D eigenvalue weighted by Crippen LogP contribution is 2.22. The first kappa shape index (κ1) is 19.5. The second-order valence-electron chi connectivity index (χ2n) is 6.40. The first-order valence-electron chi connectivity index (χ1n) is 8.63. The van der Waals surface area contributed by atoms with Gasteiger partial charge in [0.15, 0.2) is 5.78 Å². The number of nitrogens with zero attached hydrogens (tertiary/aromatic N) is 2. The molecule has 6 nitrogen and oxygen atoms in total. The maximum absolute atomic E-state index is 12.6. The van der Waals surface area contributed by atoms with Crippen molar-refractivity contribution < 1.29 is 9.59 Å². The maximum Gasteiger partial charge on any atom is 0.274 e. The summed E-state index contributed by atoms with van der Waals surface area (Å²) in [7, 11) is 0. The number of hydrogen-bond donors (Lipinski definition) is 2. The molecule has 0 saturated heterocycles. The highest BCUT2D eigenvalue weighted by atomic mass is 35.5. The number of rotatable bonds is 5. The van der Waals surface area contributed by atoms with E-state index >= 15 is 0 Å². The molecule has 0 spiro atoms. The highest BCUT2D eigenvalue weighted by Gasteiger charge is 2.12. The molecule has 0 aliphatic heterocycles. The molecule has 0 fully saturated rings. The first-order valence-corrected chi connectivity index (χ1v) is 9.01. The van der Waals surface area contributed by atoms with Gasteiger partial charge in [-0.2, -0.15) is 0 Å². The number of aryl methyl sites for hydroxylation is 2. The second-order valence-corrected chi connectivity index (χ2v) is 6.81. The Hall–Kier alpha value is -3.25. The van der Waals surface area contributed by atoms with Crippen LogP contribution in [-0.4, -0.2) is 21.7 Å². The lowest BCUT2D eigenvalue weighted by Crippen LogP contribution is -2.15. The topological polar surface area (TPSA) is 84.0 Å². The Labute approximate surface area is 168 Å². The van der Waals surface area contributed by atoms with E-state index in [1.165, 1.54) is 6.92 Å². The molecule has 0 bridgehead atoms. The third-order valence-electron chi connectivity index (χ3n) is 4.04. The lowest BCUT2D eigenvalue weighted by atomic mass is 10.1. The molecular formula is C21H19ClN4O2. The van der Waals surface area contributed by atoms with E-state index in [-0.39, 0.29) is 11.5 Å². The largest absolute Gasteiger partial charge is 0.324 e. The van der Waals surface area contributed by atoms with Crippen LogP contribution in [0.1, 0.15) is 39.0 Å². The van der Waals surface area contributed by atoms with Crippen LogP contribution in [-0.2, 0) is 0 Å². The number of hydrogen-bond acceptors (Lipinski definition) is 5. The summed E-state index contributed by atoms with van der Waals surface area (Å²) < 4.78 is 0. The van der Waals surface area contributed by atoms with Crippen molar-refractivity contribution in [1.82, 2.24) is 9.97 Å². The monoisotopic (exact) mass is 394 g/mol. The molecule has 2 aromatic carbocycles. The summed E-state index contributed by atoms with van der Waals surface area (Å²) in [6.45, 7) is 5.17. The van der Waals surface area contributed by atoms with E-state index in [9.17, 15) is 9.59 Å². The Morgan fingerprint density at radius 1 is 0.964 bits per heavy atom. The molecule has 3 aromatic rings. The number of ketones is 1. The van der Waals surface area contributed by atoms with Crippen LogP contribution in [0.3, 0.4) is 0 Å². The normalized spacial score (nSPS) is 10.4. The summed E-state index contributed by atoms with van der Waals surface area (Å²) in [5.74, 6) is -0.170. The lowest BCUT2D eigenvalue weighted by Gasteiger charge is -2.10. The van der Waals surface area contributed by atoms with Gasteiger partial charge in [0, 0.05) is 27.7 Å². The van der Waals surface area contributed by atoms with Gasteiger partial charge >= 0.3 is 0 Å². The van der Waals surface area contributed by atoms with Crippen LogP contribution in [0.25, 0.3) is 0 Å². The van der Waals surface area contributed by atoms with Gasteiger partial charge in [-0.05, 0) is 56.7 Å². The van der Waals surface area contributed by atoms with Gasteiger partial charge in [-0.1, -0.05) is 29.8 Å². The predicted octanol–water partition coefficient (Wildman–Crippen LogP) is 4.95. The zero-order valence-electron chi connectivity index (χ0n) is 15.7. The number of anilines is 3. The van der Waals surface area contributed by atoms with Crippen molar-refractivity contribution in [2.75, 3.05) is 10.6 Å². The van der Waals surface area contributed by atoms with Gasteiger partial charge < -0.3 is 10.6 Å². The zero-order chi connectivity index (χ0) is 20.3. The van der Waals surface area contributed by atoms with E-state index in [0.717, 1.165) is 11.3 Å². The van der Waals surface area contributed by atoms with E-state index in [1.54, 1.807) is 43.3 Å². The molecule has 0 aliphatic carbocycles. The van der Waals surface area contributed by atoms with Crippen LogP contribution >= 0.6 is 11.6 Å². The van der Waals surface area contributed by atoms with E-state index in [4.69, 9.17) is 11.6 Å². The molecule has 1 aromatic heterocycles. The summed E-state index contributed by atoms with van der Waals surface area (Å²) in [5, 5.41) is 6.45. The van der Waals surface area contributed by atoms with Gasteiger partial charge in [0.1, 0.15) is 5.69 Å². The van der Waals surface area contributed by atoms with Crippen molar-refractivity contribution in [2.45, 2.75) is 20.8 Å². The molecular weight excluding hydrogens is 376 g/mol. The fourth-order valence-electron chi connectivity index (χ4n) is 2.55. The van der Waals surface area contributed by atoms with E-state index in [2.05, 4.69) is 20.6 Å². The number of benzene rings is 2. The summed E-state index contributed by atoms with van der Waals surface area (Å²) in [5.41, 5.74) is 3.58. The highest BCUT2D eigenvalue weighted by molar-refractivity contribution is 6.31. The summed E-state index contributed by atoms with van der Waals surface area (Å²) >= 11 is 6.15. The SMILES string of the molecule is CC(=O)c1cccc(NC(=O)c2cc(C)nc(Nc3ccc(C)c(Cl)c3)n2)c1. The molecule has 28 heavy (non-hydrogen) atoms. The molecule has 0 radical (unpaired) electrons. The standard InChI is InChI=1S/C21H19ClN4O2/c1-12-7-8-17(11-18(12)22)25-21-23-13(2)9-19(26-21)20(28)24-16-6-4-5-15(10-16)14(3)27/h4-11H,1-3H3,(H,24,28)(H,23,25,26). The molecule has 2 N–H and O–H groups in total. The Kier molecular flexibility index (Phi) is 5.70. The van der Waals surface area contributed by atoms with Crippen LogP contribution in [0.15, 0.2) is 48.5 Å². The number of nitrogens with one attached hydrogen (secondary N) is 2. The third-order valence-corrected chi connectivity index (χ3v) is 4.45. The lowest BCUT2D eigenvalue weighted by molar-refractivity contribution is 0.100. The van der Waals surface area contributed by atoms with Crippen LogP contribution in [0.2, 0.25) is 5.02 Å². The van der Waals surface area contributed by atoms with Crippen LogP contribution in [0.4, 0.5) is 17.3 Å². The van der Waals surface area contributed by atoms with Crippen LogP contribution < -0.4 is 10.6 Å².